The van der Waals surface area contributed by atoms with Gasteiger partial charge < -0.3 is 15.0 Å². The zero-order valence-corrected chi connectivity index (χ0v) is 13.7. The SMILES string of the molecule is CC1CC(N[C@@H]2CCOC2)CCN1c1ccc2ccccc2n1. The molecule has 2 aliphatic heterocycles. The van der Waals surface area contributed by atoms with Crippen LogP contribution in [0.5, 0.6) is 0 Å². The topological polar surface area (TPSA) is 37.4 Å². The molecule has 2 aliphatic rings. The van der Waals surface area contributed by atoms with Crippen molar-refractivity contribution in [2.75, 3.05) is 24.7 Å². The Morgan fingerprint density at radius 1 is 1.13 bits per heavy atom. The number of anilines is 1. The molecule has 0 spiro atoms. The fourth-order valence-electron chi connectivity index (χ4n) is 3.88. The minimum absolute atomic E-state index is 0.511. The molecule has 0 radical (unpaired) electrons. The molecule has 4 rings (SSSR count). The summed E-state index contributed by atoms with van der Waals surface area (Å²) in [5, 5.41) is 4.99. The van der Waals surface area contributed by atoms with E-state index in [-0.39, 0.29) is 0 Å². The first-order valence-corrected chi connectivity index (χ1v) is 8.76. The predicted octanol–water partition coefficient (Wildman–Crippen LogP) is 2.97. The van der Waals surface area contributed by atoms with E-state index in [9.17, 15) is 0 Å². The van der Waals surface area contributed by atoms with Gasteiger partial charge in [0.05, 0.1) is 12.1 Å². The standard InChI is InChI=1S/C19H25N3O/c1-14-12-16(20-17-9-11-23-13-17)8-10-22(14)19-7-6-15-4-2-3-5-18(15)21-19/h2-7,14,16-17,20H,8-13H2,1H3/t14?,16?,17-/m1/s1. The number of nitrogens with one attached hydrogen (secondary N) is 1. The minimum atomic E-state index is 0.511. The van der Waals surface area contributed by atoms with E-state index >= 15 is 0 Å². The molecule has 0 saturated carbocycles. The van der Waals surface area contributed by atoms with Crippen LogP contribution in [0.15, 0.2) is 36.4 Å². The van der Waals surface area contributed by atoms with E-state index in [0.717, 1.165) is 37.5 Å². The van der Waals surface area contributed by atoms with Gasteiger partial charge in [0.15, 0.2) is 0 Å². The van der Waals surface area contributed by atoms with Crippen LogP contribution in [0.2, 0.25) is 0 Å². The second kappa shape index (κ2) is 6.46. The van der Waals surface area contributed by atoms with Crippen molar-refractivity contribution in [3.8, 4) is 0 Å². The Balaban J connectivity index is 1.45. The highest BCUT2D eigenvalue weighted by atomic mass is 16.5. The number of para-hydroxylation sites is 1. The third-order valence-electron chi connectivity index (χ3n) is 5.16. The van der Waals surface area contributed by atoms with Gasteiger partial charge in [0, 0.05) is 36.7 Å². The van der Waals surface area contributed by atoms with E-state index in [1.54, 1.807) is 0 Å². The lowest BCUT2D eigenvalue weighted by atomic mass is 9.97. The van der Waals surface area contributed by atoms with Gasteiger partial charge in [-0.05, 0) is 44.4 Å². The summed E-state index contributed by atoms with van der Waals surface area (Å²) < 4.78 is 5.47. The molecule has 4 heteroatoms. The lowest BCUT2D eigenvalue weighted by molar-refractivity contribution is 0.185. The van der Waals surface area contributed by atoms with Gasteiger partial charge in [-0.2, -0.15) is 0 Å². The summed E-state index contributed by atoms with van der Waals surface area (Å²) in [7, 11) is 0. The quantitative estimate of drug-likeness (QED) is 0.945. The Hall–Kier alpha value is -1.65. The first-order chi connectivity index (χ1) is 11.3. The molecule has 0 bridgehead atoms. The first kappa shape index (κ1) is 14.9. The molecule has 2 saturated heterocycles. The smallest absolute Gasteiger partial charge is 0.129 e. The van der Waals surface area contributed by atoms with Crippen molar-refractivity contribution >= 4 is 16.7 Å². The Morgan fingerprint density at radius 3 is 2.87 bits per heavy atom. The maximum atomic E-state index is 5.47. The lowest BCUT2D eigenvalue weighted by Gasteiger charge is -2.39. The highest BCUT2D eigenvalue weighted by Crippen LogP contribution is 2.26. The third kappa shape index (κ3) is 3.19. The highest BCUT2D eigenvalue weighted by molar-refractivity contribution is 5.80. The number of pyridine rings is 1. The molecular weight excluding hydrogens is 286 g/mol. The molecule has 3 heterocycles. The molecule has 23 heavy (non-hydrogen) atoms. The van der Waals surface area contributed by atoms with Crippen LogP contribution in [0.4, 0.5) is 5.82 Å². The van der Waals surface area contributed by atoms with Crippen LogP contribution < -0.4 is 10.2 Å². The number of aromatic nitrogens is 1. The third-order valence-corrected chi connectivity index (χ3v) is 5.16. The summed E-state index contributed by atoms with van der Waals surface area (Å²) in [4.78, 5) is 7.32. The van der Waals surface area contributed by atoms with E-state index < -0.39 is 0 Å². The molecule has 2 unspecified atom stereocenters. The normalized spacial score (nSPS) is 28.4. The lowest BCUT2D eigenvalue weighted by Crippen LogP contribution is -2.50. The van der Waals surface area contributed by atoms with Crippen molar-refractivity contribution in [1.82, 2.24) is 10.3 Å². The predicted molar refractivity (Wildman–Crippen MR) is 93.9 cm³/mol. The van der Waals surface area contributed by atoms with Gasteiger partial charge in [-0.3, -0.25) is 0 Å². The van der Waals surface area contributed by atoms with Crippen molar-refractivity contribution in [2.45, 2.75) is 44.3 Å². The summed E-state index contributed by atoms with van der Waals surface area (Å²) in [6.07, 6.45) is 3.50. The average molecular weight is 311 g/mol. The van der Waals surface area contributed by atoms with E-state index in [1.165, 1.54) is 18.2 Å². The number of piperidine rings is 1. The summed E-state index contributed by atoms with van der Waals surface area (Å²) in [5.41, 5.74) is 1.08. The fraction of sp³-hybridized carbons (Fsp3) is 0.526. The van der Waals surface area contributed by atoms with E-state index in [0.29, 0.717) is 18.1 Å². The van der Waals surface area contributed by atoms with Crippen molar-refractivity contribution in [1.29, 1.82) is 0 Å². The van der Waals surface area contributed by atoms with Crippen molar-refractivity contribution < 1.29 is 4.74 Å². The molecule has 3 atom stereocenters. The van der Waals surface area contributed by atoms with Gasteiger partial charge in [0.2, 0.25) is 0 Å². The molecule has 0 amide bonds. The summed E-state index contributed by atoms with van der Waals surface area (Å²) in [5.74, 6) is 1.11. The van der Waals surface area contributed by atoms with Gasteiger partial charge in [-0.25, -0.2) is 4.98 Å². The number of hydrogen-bond acceptors (Lipinski definition) is 4. The molecule has 2 fully saturated rings. The largest absolute Gasteiger partial charge is 0.380 e. The number of fused-ring (bicyclic) bond motifs is 1. The Labute approximate surface area is 137 Å². The molecule has 122 valence electrons. The van der Waals surface area contributed by atoms with Gasteiger partial charge in [0.1, 0.15) is 5.82 Å². The molecule has 4 nitrogen and oxygen atoms in total. The fourth-order valence-corrected chi connectivity index (χ4v) is 3.88. The van der Waals surface area contributed by atoms with Gasteiger partial charge >= 0.3 is 0 Å². The molecule has 0 aliphatic carbocycles. The van der Waals surface area contributed by atoms with Gasteiger partial charge in [0.25, 0.3) is 0 Å². The molecule has 1 aromatic heterocycles. The first-order valence-electron chi connectivity index (χ1n) is 8.76. The van der Waals surface area contributed by atoms with Crippen LogP contribution >= 0.6 is 0 Å². The highest BCUT2D eigenvalue weighted by Gasteiger charge is 2.28. The van der Waals surface area contributed by atoms with Crippen LogP contribution in [0.25, 0.3) is 10.9 Å². The maximum absolute atomic E-state index is 5.47. The van der Waals surface area contributed by atoms with Crippen LogP contribution in [0.3, 0.4) is 0 Å². The van der Waals surface area contributed by atoms with Crippen molar-refractivity contribution in [3.63, 3.8) is 0 Å². The minimum Gasteiger partial charge on any atom is -0.380 e. The van der Waals surface area contributed by atoms with Gasteiger partial charge in [-0.1, -0.05) is 18.2 Å². The zero-order valence-electron chi connectivity index (χ0n) is 13.7. The molecule has 2 aromatic rings. The van der Waals surface area contributed by atoms with Crippen LogP contribution in [-0.2, 0) is 4.74 Å². The molecule has 1 aromatic carbocycles. The Morgan fingerprint density at radius 2 is 2.04 bits per heavy atom. The second-order valence-electron chi connectivity index (χ2n) is 6.85. The number of nitrogens with zero attached hydrogens (tertiary/aromatic N) is 2. The van der Waals surface area contributed by atoms with Gasteiger partial charge in [-0.15, -0.1) is 0 Å². The number of ether oxygens (including phenoxy) is 1. The number of hydrogen-bond donors (Lipinski definition) is 1. The zero-order chi connectivity index (χ0) is 15.6. The maximum Gasteiger partial charge on any atom is 0.129 e. The van der Waals surface area contributed by atoms with Crippen LogP contribution in [0.1, 0.15) is 26.2 Å². The van der Waals surface area contributed by atoms with Crippen molar-refractivity contribution in [2.24, 2.45) is 0 Å². The van der Waals surface area contributed by atoms with Crippen LogP contribution in [0, 0.1) is 0 Å². The Kier molecular flexibility index (Phi) is 4.19. The monoisotopic (exact) mass is 311 g/mol. The second-order valence-corrected chi connectivity index (χ2v) is 6.85. The summed E-state index contributed by atoms with van der Waals surface area (Å²) >= 11 is 0. The number of rotatable bonds is 3. The van der Waals surface area contributed by atoms with E-state index in [1.807, 2.05) is 0 Å². The Bertz CT molecular complexity index is 668. The number of benzene rings is 1. The molecule has 1 N–H and O–H groups in total. The van der Waals surface area contributed by atoms with E-state index in [4.69, 9.17) is 9.72 Å². The van der Waals surface area contributed by atoms with Crippen LogP contribution in [-0.4, -0.2) is 42.9 Å². The van der Waals surface area contributed by atoms with E-state index in [2.05, 4.69) is 53.5 Å². The molecular formula is C19H25N3O. The summed E-state index contributed by atoms with van der Waals surface area (Å²) in [6.45, 7) is 5.17. The average Bonchev–Trinajstić information content (AvgIpc) is 3.07. The van der Waals surface area contributed by atoms with Crippen molar-refractivity contribution in [3.05, 3.63) is 36.4 Å². The summed E-state index contributed by atoms with van der Waals surface area (Å²) in [6, 6.07) is 14.4.